The van der Waals surface area contributed by atoms with E-state index in [1.165, 1.54) is 5.56 Å². The molecule has 128 valence electrons. The van der Waals surface area contributed by atoms with Crippen LogP contribution in [-0.4, -0.2) is 17.5 Å². The highest BCUT2D eigenvalue weighted by atomic mass is 16.2. The van der Waals surface area contributed by atoms with Crippen LogP contribution in [0.2, 0.25) is 0 Å². The third kappa shape index (κ3) is 1.83. The second-order valence-corrected chi connectivity index (χ2v) is 8.25. The second kappa shape index (κ2) is 5.01. The molecule has 0 heterocycles. The average Bonchev–Trinajstić information content (AvgIpc) is 2.80. The van der Waals surface area contributed by atoms with Gasteiger partial charge >= 0.3 is 0 Å². The van der Waals surface area contributed by atoms with E-state index >= 15 is 0 Å². The molecule has 2 saturated carbocycles. The van der Waals surface area contributed by atoms with Gasteiger partial charge in [0.2, 0.25) is 17.5 Å². The highest BCUT2D eigenvalue weighted by Gasteiger charge is 2.77. The first kappa shape index (κ1) is 16.9. The van der Waals surface area contributed by atoms with Crippen LogP contribution in [0.15, 0.2) is 24.3 Å². The number of carbonyl (C=O) groups excluding carboxylic acids is 3. The standard InChI is InChI=1S/C20H25NO3/c1-12(2)13-6-8-14(9-7-13)21-17(24)20-11-10-19(5,18(20,3)4)15(22)16(20)23/h6-9,12H,10-11H2,1-5H3,(H,21,24). The van der Waals surface area contributed by atoms with E-state index in [0.29, 0.717) is 24.4 Å². The zero-order valence-corrected chi connectivity index (χ0v) is 15.0. The predicted octanol–water partition coefficient (Wildman–Crippen LogP) is 3.71. The van der Waals surface area contributed by atoms with Crippen LogP contribution in [-0.2, 0) is 14.4 Å². The number of Topliss-reactive ketones (excluding diaryl/α,β-unsaturated/α-hetero) is 2. The summed E-state index contributed by atoms with van der Waals surface area (Å²) in [6, 6.07) is 7.66. The molecule has 2 bridgehead atoms. The van der Waals surface area contributed by atoms with Gasteiger partial charge in [0.1, 0.15) is 5.41 Å². The van der Waals surface area contributed by atoms with E-state index in [1.54, 1.807) is 0 Å². The van der Waals surface area contributed by atoms with Crippen LogP contribution in [0.3, 0.4) is 0 Å². The third-order valence-electron chi connectivity index (χ3n) is 6.76. The molecule has 2 aliphatic carbocycles. The molecule has 1 aromatic carbocycles. The van der Waals surface area contributed by atoms with Crippen molar-refractivity contribution in [2.45, 2.75) is 53.4 Å². The smallest absolute Gasteiger partial charge is 0.239 e. The number of fused-ring (bicyclic) bond motifs is 2. The fourth-order valence-electron chi connectivity index (χ4n) is 4.46. The lowest BCUT2D eigenvalue weighted by Crippen LogP contribution is -2.47. The van der Waals surface area contributed by atoms with Gasteiger partial charge in [0.05, 0.1) is 0 Å². The van der Waals surface area contributed by atoms with Crippen LogP contribution >= 0.6 is 0 Å². The van der Waals surface area contributed by atoms with Gasteiger partial charge in [-0.15, -0.1) is 0 Å². The van der Waals surface area contributed by atoms with Gasteiger partial charge in [0, 0.05) is 11.1 Å². The van der Waals surface area contributed by atoms with E-state index in [0.717, 1.165) is 0 Å². The van der Waals surface area contributed by atoms with Crippen LogP contribution in [0.1, 0.15) is 58.9 Å². The minimum absolute atomic E-state index is 0.343. The quantitative estimate of drug-likeness (QED) is 0.680. The number of carbonyl (C=O) groups is 3. The van der Waals surface area contributed by atoms with Crippen LogP contribution in [0.4, 0.5) is 5.69 Å². The van der Waals surface area contributed by atoms with E-state index in [1.807, 2.05) is 45.0 Å². The van der Waals surface area contributed by atoms with Gasteiger partial charge in [-0.2, -0.15) is 0 Å². The Balaban J connectivity index is 1.92. The van der Waals surface area contributed by atoms with Crippen molar-refractivity contribution in [2.24, 2.45) is 16.2 Å². The largest absolute Gasteiger partial charge is 0.325 e. The molecule has 0 aromatic heterocycles. The Labute approximate surface area is 143 Å². The third-order valence-corrected chi connectivity index (χ3v) is 6.76. The molecule has 0 aliphatic heterocycles. The van der Waals surface area contributed by atoms with E-state index < -0.39 is 22.0 Å². The Hall–Kier alpha value is -1.97. The highest BCUT2D eigenvalue weighted by Crippen LogP contribution is 2.69. The second-order valence-electron chi connectivity index (χ2n) is 8.25. The molecule has 1 aromatic rings. The summed E-state index contributed by atoms with van der Waals surface area (Å²) in [5.41, 5.74) is -0.795. The zero-order chi connectivity index (χ0) is 17.9. The summed E-state index contributed by atoms with van der Waals surface area (Å²) >= 11 is 0. The first-order chi connectivity index (χ1) is 11.1. The van der Waals surface area contributed by atoms with Crippen LogP contribution in [0, 0.1) is 16.2 Å². The molecule has 2 fully saturated rings. The number of anilines is 1. The van der Waals surface area contributed by atoms with Crippen LogP contribution in [0.5, 0.6) is 0 Å². The maximum atomic E-state index is 13.0. The number of nitrogens with one attached hydrogen (secondary N) is 1. The monoisotopic (exact) mass is 327 g/mol. The van der Waals surface area contributed by atoms with Crippen molar-refractivity contribution in [1.82, 2.24) is 0 Å². The Bertz CT molecular complexity index is 732. The summed E-state index contributed by atoms with van der Waals surface area (Å²) in [5, 5.41) is 2.88. The number of ketones is 2. The molecule has 4 heteroatoms. The van der Waals surface area contributed by atoms with E-state index in [9.17, 15) is 14.4 Å². The van der Waals surface area contributed by atoms with Crippen molar-refractivity contribution < 1.29 is 14.4 Å². The summed E-state index contributed by atoms with van der Waals surface area (Å²) in [6.45, 7) is 9.80. The van der Waals surface area contributed by atoms with Gasteiger partial charge in [0.25, 0.3) is 0 Å². The minimum Gasteiger partial charge on any atom is -0.325 e. The van der Waals surface area contributed by atoms with E-state index in [-0.39, 0.29) is 11.7 Å². The summed E-state index contributed by atoms with van der Waals surface area (Å²) < 4.78 is 0. The average molecular weight is 327 g/mol. The fourth-order valence-corrected chi connectivity index (χ4v) is 4.46. The maximum absolute atomic E-state index is 13.0. The summed E-state index contributed by atoms with van der Waals surface area (Å²) in [4.78, 5) is 38.2. The van der Waals surface area contributed by atoms with E-state index in [2.05, 4.69) is 19.2 Å². The van der Waals surface area contributed by atoms with Crippen molar-refractivity contribution in [3.8, 4) is 0 Å². The van der Waals surface area contributed by atoms with Crippen molar-refractivity contribution in [3.63, 3.8) is 0 Å². The Morgan fingerprint density at radius 1 is 1.00 bits per heavy atom. The van der Waals surface area contributed by atoms with Crippen molar-refractivity contribution in [1.29, 1.82) is 0 Å². The molecule has 2 unspecified atom stereocenters. The molecule has 0 saturated heterocycles. The molecule has 3 rings (SSSR count). The molecule has 1 amide bonds. The highest BCUT2D eigenvalue weighted by molar-refractivity contribution is 6.49. The fraction of sp³-hybridized carbons (Fsp3) is 0.550. The van der Waals surface area contributed by atoms with Gasteiger partial charge < -0.3 is 5.32 Å². The van der Waals surface area contributed by atoms with Gasteiger partial charge in [-0.25, -0.2) is 0 Å². The van der Waals surface area contributed by atoms with Crippen LogP contribution in [0.25, 0.3) is 0 Å². The Kier molecular flexibility index (Phi) is 3.52. The number of hydrogen-bond donors (Lipinski definition) is 1. The summed E-state index contributed by atoms with van der Waals surface area (Å²) in [7, 11) is 0. The molecule has 24 heavy (non-hydrogen) atoms. The van der Waals surface area contributed by atoms with E-state index in [4.69, 9.17) is 0 Å². The molecular weight excluding hydrogens is 302 g/mol. The first-order valence-electron chi connectivity index (χ1n) is 8.58. The molecule has 4 nitrogen and oxygen atoms in total. The number of benzene rings is 1. The molecule has 2 atom stereocenters. The predicted molar refractivity (Wildman–Crippen MR) is 92.7 cm³/mol. The van der Waals surface area contributed by atoms with Crippen molar-refractivity contribution >= 4 is 23.2 Å². The Morgan fingerprint density at radius 2 is 1.58 bits per heavy atom. The Morgan fingerprint density at radius 3 is 2.04 bits per heavy atom. The van der Waals surface area contributed by atoms with Crippen molar-refractivity contribution in [2.75, 3.05) is 5.32 Å². The maximum Gasteiger partial charge on any atom is 0.239 e. The van der Waals surface area contributed by atoms with Crippen molar-refractivity contribution in [3.05, 3.63) is 29.8 Å². The van der Waals surface area contributed by atoms with Gasteiger partial charge in [-0.05, 0) is 41.9 Å². The number of hydrogen-bond acceptors (Lipinski definition) is 3. The van der Waals surface area contributed by atoms with Gasteiger partial charge in [0.15, 0.2) is 0 Å². The first-order valence-corrected chi connectivity index (χ1v) is 8.58. The lowest BCUT2D eigenvalue weighted by atomic mass is 9.64. The summed E-state index contributed by atoms with van der Waals surface area (Å²) in [6.07, 6.45) is 1.03. The molecule has 1 N–H and O–H groups in total. The SMILES string of the molecule is CC(C)c1ccc(NC(=O)C23CCC(C)(C(=O)C2=O)C3(C)C)cc1. The van der Waals surface area contributed by atoms with Gasteiger partial charge in [-0.3, -0.25) is 14.4 Å². The van der Waals surface area contributed by atoms with Crippen LogP contribution < -0.4 is 5.32 Å². The molecule has 0 spiro atoms. The number of amides is 1. The molecule has 2 aliphatic rings. The summed E-state index contributed by atoms with van der Waals surface area (Å²) in [5.74, 6) is -0.831. The minimum atomic E-state index is -1.24. The lowest BCUT2D eigenvalue weighted by Gasteiger charge is -2.37. The molecular formula is C20H25NO3. The zero-order valence-electron chi connectivity index (χ0n) is 15.0. The van der Waals surface area contributed by atoms with Gasteiger partial charge in [-0.1, -0.05) is 46.8 Å². The normalized spacial score (nSPS) is 30.9. The lowest BCUT2D eigenvalue weighted by molar-refractivity contribution is -0.147. The molecule has 0 radical (unpaired) electrons. The number of rotatable bonds is 3. The topological polar surface area (TPSA) is 63.2 Å².